The number of aliphatic imine (C=N–C) groups is 1. The summed E-state index contributed by atoms with van der Waals surface area (Å²) < 4.78 is 2.05. The fourth-order valence-electron chi connectivity index (χ4n) is 2.27. The molecule has 0 radical (unpaired) electrons. The first kappa shape index (κ1) is 16.8. The van der Waals surface area contributed by atoms with Gasteiger partial charge in [0.1, 0.15) is 0 Å². The Morgan fingerprint density at radius 3 is 2.59 bits per heavy atom. The van der Waals surface area contributed by atoms with Crippen LogP contribution in [-0.4, -0.2) is 33.5 Å². The summed E-state index contributed by atoms with van der Waals surface area (Å²) in [6.45, 7) is 1.48. The normalized spacial score (nSPS) is 14.5. The lowest BCUT2D eigenvalue weighted by molar-refractivity contribution is 0.487. The van der Waals surface area contributed by atoms with Crippen molar-refractivity contribution in [2.75, 3.05) is 7.05 Å². The molecule has 1 saturated carbocycles. The molecule has 0 amide bonds. The van der Waals surface area contributed by atoms with Crippen molar-refractivity contribution < 1.29 is 0 Å². The number of rotatable bonds is 5. The van der Waals surface area contributed by atoms with E-state index in [-0.39, 0.29) is 24.0 Å². The van der Waals surface area contributed by atoms with Crippen molar-refractivity contribution in [2.45, 2.75) is 32.0 Å². The first-order chi connectivity index (χ1) is 10.2. The van der Waals surface area contributed by atoms with Crippen LogP contribution in [0.1, 0.15) is 24.0 Å². The number of hydrogen-bond acceptors (Lipinski definition) is 2. The van der Waals surface area contributed by atoms with Crippen molar-refractivity contribution in [2.24, 2.45) is 10.7 Å². The molecule has 22 heavy (non-hydrogen) atoms. The molecule has 0 bridgehead atoms. The molecule has 3 rings (SSSR count). The molecular weight excluding hydrogens is 389 g/mol. The molecule has 1 aromatic heterocycles. The summed E-state index contributed by atoms with van der Waals surface area (Å²) in [6, 6.07) is 9.09. The minimum Gasteiger partial charge on any atom is -0.370 e. The summed E-state index contributed by atoms with van der Waals surface area (Å²) in [5.41, 5.74) is 8.42. The molecular formula is C16H22IN5. The second-order valence-corrected chi connectivity index (χ2v) is 5.57. The third-order valence-corrected chi connectivity index (χ3v) is 3.83. The average molecular weight is 411 g/mol. The fourth-order valence-corrected chi connectivity index (χ4v) is 2.27. The van der Waals surface area contributed by atoms with Gasteiger partial charge >= 0.3 is 0 Å². The Kier molecular flexibility index (Phi) is 5.82. The van der Waals surface area contributed by atoms with Gasteiger partial charge in [-0.2, -0.15) is 0 Å². The lowest BCUT2D eigenvalue weighted by Crippen LogP contribution is -2.35. The maximum Gasteiger partial charge on any atom is 0.191 e. The van der Waals surface area contributed by atoms with E-state index >= 15 is 0 Å². The highest BCUT2D eigenvalue weighted by molar-refractivity contribution is 14.0. The summed E-state index contributed by atoms with van der Waals surface area (Å²) in [4.78, 5) is 10.6. The van der Waals surface area contributed by atoms with Crippen molar-refractivity contribution in [1.29, 1.82) is 0 Å². The molecule has 0 spiro atoms. The Hall–Kier alpha value is -1.57. The smallest absolute Gasteiger partial charge is 0.191 e. The van der Waals surface area contributed by atoms with E-state index < -0.39 is 0 Å². The largest absolute Gasteiger partial charge is 0.370 e. The predicted molar refractivity (Wildman–Crippen MR) is 99.3 cm³/mol. The SMILES string of the molecule is CN(C(N)=NCc1ccc(Cn2ccnc2)cc1)C1CC1.I. The highest BCUT2D eigenvalue weighted by Gasteiger charge is 2.27. The number of hydrogen-bond donors (Lipinski definition) is 1. The second-order valence-electron chi connectivity index (χ2n) is 5.57. The molecule has 2 N–H and O–H groups in total. The number of guanidine groups is 1. The molecule has 0 aliphatic heterocycles. The second kappa shape index (κ2) is 7.62. The Balaban J connectivity index is 0.00000176. The molecule has 0 atom stereocenters. The number of halogens is 1. The van der Waals surface area contributed by atoms with Crippen LogP contribution < -0.4 is 5.73 Å². The molecule has 1 aromatic carbocycles. The van der Waals surface area contributed by atoms with E-state index in [4.69, 9.17) is 5.73 Å². The molecule has 1 heterocycles. The standard InChI is InChI=1S/C16H21N5.HI/c1-20(15-6-7-15)16(17)19-10-13-2-4-14(5-3-13)11-21-9-8-18-12-21;/h2-5,8-9,12,15H,6-7,10-11H2,1H3,(H2,17,19);1H. The minimum atomic E-state index is 0. The molecule has 1 aliphatic carbocycles. The number of nitrogens with zero attached hydrogens (tertiary/aromatic N) is 4. The highest BCUT2D eigenvalue weighted by atomic mass is 127. The van der Waals surface area contributed by atoms with Gasteiger partial charge in [0, 0.05) is 32.0 Å². The van der Waals surface area contributed by atoms with Crippen LogP contribution in [0, 0.1) is 0 Å². The molecule has 6 heteroatoms. The quantitative estimate of drug-likeness (QED) is 0.467. The number of benzene rings is 1. The number of nitrogens with two attached hydrogens (primary N) is 1. The Morgan fingerprint density at radius 2 is 2.00 bits per heavy atom. The van der Waals surface area contributed by atoms with Crippen LogP contribution in [0.4, 0.5) is 0 Å². The highest BCUT2D eigenvalue weighted by Crippen LogP contribution is 2.24. The number of imidazole rings is 1. The van der Waals surface area contributed by atoms with Gasteiger partial charge in [-0.1, -0.05) is 24.3 Å². The zero-order chi connectivity index (χ0) is 14.7. The van der Waals surface area contributed by atoms with Gasteiger partial charge in [-0.25, -0.2) is 9.98 Å². The zero-order valence-electron chi connectivity index (χ0n) is 12.7. The summed E-state index contributed by atoms with van der Waals surface area (Å²) in [5, 5.41) is 0. The van der Waals surface area contributed by atoms with E-state index in [9.17, 15) is 0 Å². The maximum absolute atomic E-state index is 5.99. The topological polar surface area (TPSA) is 59.4 Å². The van der Waals surface area contributed by atoms with Gasteiger partial charge in [0.2, 0.25) is 0 Å². The van der Waals surface area contributed by atoms with Gasteiger partial charge in [-0.3, -0.25) is 0 Å². The van der Waals surface area contributed by atoms with Gasteiger partial charge in [-0.15, -0.1) is 24.0 Å². The summed E-state index contributed by atoms with van der Waals surface area (Å²) in [7, 11) is 2.02. The van der Waals surface area contributed by atoms with Crippen LogP contribution in [0.2, 0.25) is 0 Å². The molecule has 1 fully saturated rings. The van der Waals surface area contributed by atoms with E-state index in [1.54, 1.807) is 6.20 Å². The molecule has 2 aromatic rings. The van der Waals surface area contributed by atoms with Gasteiger partial charge in [0.15, 0.2) is 5.96 Å². The Bertz CT molecular complexity index is 602. The Morgan fingerprint density at radius 1 is 1.32 bits per heavy atom. The molecule has 5 nitrogen and oxygen atoms in total. The van der Waals surface area contributed by atoms with E-state index in [0.29, 0.717) is 18.5 Å². The van der Waals surface area contributed by atoms with Gasteiger partial charge < -0.3 is 15.2 Å². The summed E-state index contributed by atoms with van der Waals surface area (Å²) >= 11 is 0. The molecule has 0 unspecified atom stereocenters. The van der Waals surface area contributed by atoms with E-state index in [1.807, 2.05) is 19.6 Å². The van der Waals surface area contributed by atoms with Crippen molar-refractivity contribution in [3.63, 3.8) is 0 Å². The molecule has 0 saturated heterocycles. The first-order valence-electron chi connectivity index (χ1n) is 7.28. The van der Waals surface area contributed by atoms with Crippen molar-refractivity contribution in [1.82, 2.24) is 14.5 Å². The van der Waals surface area contributed by atoms with E-state index in [2.05, 4.69) is 43.7 Å². The van der Waals surface area contributed by atoms with Crippen LogP contribution in [0.15, 0.2) is 48.0 Å². The molecule has 118 valence electrons. The average Bonchev–Trinajstić information content (AvgIpc) is 3.23. The van der Waals surface area contributed by atoms with E-state index in [1.165, 1.54) is 24.0 Å². The third kappa shape index (κ3) is 4.46. The van der Waals surface area contributed by atoms with Crippen molar-refractivity contribution >= 4 is 29.9 Å². The fraction of sp³-hybridized carbons (Fsp3) is 0.375. The van der Waals surface area contributed by atoms with Gasteiger partial charge in [0.25, 0.3) is 0 Å². The number of aromatic nitrogens is 2. The summed E-state index contributed by atoms with van der Waals surface area (Å²) in [6.07, 6.45) is 8.05. The zero-order valence-corrected chi connectivity index (χ0v) is 15.1. The minimum absolute atomic E-state index is 0. The van der Waals surface area contributed by atoms with Crippen LogP contribution in [-0.2, 0) is 13.1 Å². The van der Waals surface area contributed by atoms with Crippen molar-refractivity contribution in [3.8, 4) is 0 Å². The predicted octanol–water partition coefficient (Wildman–Crippen LogP) is 2.46. The van der Waals surface area contributed by atoms with Crippen LogP contribution in [0.3, 0.4) is 0 Å². The van der Waals surface area contributed by atoms with Crippen LogP contribution in [0.25, 0.3) is 0 Å². The summed E-state index contributed by atoms with van der Waals surface area (Å²) in [5.74, 6) is 0.639. The molecule has 1 aliphatic rings. The van der Waals surface area contributed by atoms with Crippen LogP contribution >= 0.6 is 24.0 Å². The lowest BCUT2D eigenvalue weighted by Gasteiger charge is -2.16. The van der Waals surface area contributed by atoms with E-state index in [0.717, 1.165) is 6.54 Å². The first-order valence-corrected chi connectivity index (χ1v) is 7.28. The van der Waals surface area contributed by atoms with Gasteiger partial charge in [0.05, 0.1) is 12.9 Å². The Labute approximate surface area is 148 Å². The van der Waals surface area contributed by atoms with Gasteiger partial charge in [-0.05, 0) is 24.0 Å². The monoisotopic (exact) mass is 411 g/mol. The maximum atomic E-state index is 5.99. The lowest BCUT2D eigenvalue weighted by atomic mass is 10.1. The van der Waals surface area contributed by atoms with Crippen molar-refractivity contribution in [3.05, 3.63) is 54.1 Å². The van der Waals surface area contributed by atoms with Crippen LogP contribution in [0.5, 0.6) is 0 Å². The third-order valence-electron chi connectivity index (χ3n) is 3.83.